The Labute approximate surface area is 173 Å². The van der Waals surface area contributed by atoms with Gasteiger partial charge < -0.3 is 9.80 Å². The van der Waals surface area contributed by atoms with Gasteiger partial charge in [0, 0.05) is 50.1 Å². The van der Waals surface area contributed by atoms with Crippen LogP contribution in [0.3, 0.4) is 0 Å². The summed E-state index contributed by atoms with van der Waals surface area (Å²) in [5.74, 6) is 0.450. The van der Waals surface area contributed by atoms with Gasteiger partial charge in [0.25, 0.3) is 0 Å². The van der Waals surface area contributed by atoms with Gasteiger partial charge in [-0.05, 0) is 68.9 Å². The number of anilines is 1. The number of aromatic nitrogens is 1. The highest BCUT2D eigenvalue weighted by molar-refractivity contribution is 5.95. The van der Waals surface area contributed by atoms with Gasteiger partial charge in [-0.25, -0.2) is 0 Å². The number of rotatable bonds is 7. The summed E-state index contributed by atoms with van der Waals surface area (Å²) in [6.45, 7) is 3.39. The van der Waals surface area contributed by atoms with Crippen molar-refractivity contribution in [2.45, 2.75) is 39.0 Å². The van der Waals surface area contributed by atoms with E-state index < -0.39 is 0 Å². The zero-order chi connectivity index (χ0) is 20.6. The Morgan fingerprint density at radius 1 is 0.931 bits per heavy atom. The van der Waals surface area contributed by atoms with Crippen LogP contribution in [0, 0.1) is 11.8 Å². The number of amides is 2. The molecule has 0 bridgehead atoms. The van der Waals surface area contributed by atoms with Crippen molar-refractivity contribution in [2.75, 3.05) is 25.0 Å². The number of hydrogen-bond donors (Lipinski definition) is 0. The first kappa shape index (κ1) is 21.0. The normalized spacial score (nSPS) is 18.8. The number of likely N-dealkylation sites (N-methyl/N-ethyl adjacent to an activating group) is 1. The highest BCUT2D eigenvalue weighted by atomic mass is 16.2. The van der Waals surface area contributed by atoms with Crippen LogP contribution in [0.15, 0.2) is 54.9 Å². The summed E-state index contributed by atoms with van der Waals surface area (Å²) < 4.78 is 0. The molecule has 1 aromatic carbocycles. The van der Waals surface area contributed by atoms with Crippen molar-refractivity contribution >= 4 is 17.5 Å². The summed E-state index contributed by atoms with van der Waals surface area (Å²) in [5, 5.41) is 0. The third-order valence-electron chi connectivity index (χ3n) is 5.94. The van der Waals surface area contributed by atoms with Gasteiger partial charge in [0.1, 0.15) is 0 Å². The molecule has 0 radical (unpaired) electrons. The average Bonchev–Trinajstić information content (AvgIpc) is 2.79. The molecular formula is C24H31N3O2. The third-order valence-corrected chi connectivity index (χ3v) is 5.94. The van der Waals surface area contributed by atoms with Crippen LogP contribution in [-0.4, -0.2) is 41.8 Å². The zero-order valence-corrected chi connectivity index (χ0v) is 17.5. The van der Waals surface area contributed by atoms with Gasteiger partial charge >= 0.3 is 0 Å². The van der Waals surface area contributed by atoms with Gasteiger partial charge in [0.15, 0.2) is 0 Å². The van der Waals surface area contributed by atoms with E-state index in [0.29, 0.717) is 13.1 Å². The van der Waals surface area contributed by atoms with Crippen molar-refractivity contribution in [1.29, 1.82) is 0 Å². The van der Waals surface area contributed by atoms with E-state index in [1.54, 1.807) is 12.4 Å². The molecule has 1 fully saturated rings. The molecule has 0 N–H and O–H groups in total. The van der Waals surface area contributed by atoms with E-state index in [1.165, 1.54) is 5.56 Å². The summed E-state index contributed by atoms with van der Waals surface area (Å²) in [5.41, 5.74) is 2.14. The van der Waals surface area contributed by atoms with E-state index in [2.05, 4.69) is 4.98 Å². The molecule has 1 aromatic heterocycles. The van der Waals surface area contributed by atoms with Crippen molar-refractivity contribution in [1.82, 2.24) is 9.88 Å². The van der Waals surface area contributed by atoms with E-state index in [9.17, 15) is 9.59 Å². The Hall–Kier alpha value is -2.69. The van der Waals surface area contributed by atoms with Crippen molar-refractivity contribution in [3.05, 3.63) is 60.4 Å². The maximum absolute atomic E-state index is 13.0. The lowest BCUT2D eigenvalue weighted by atomic mass is 9.80. The average molecular weight is 394 g/mol. The van der Waals surface area contributed by atoms with E-state index in [-0.39, 0.29) is 23.7 Å². The quantitative estimate of drug-likeness (QED) is 0.716. The molecule has 1 aliphatic carbocycles. The summed E-state index contributed by atoms with van der Waals surface area (Å²) in [6, 6.07) is 13.8. The lowest BCUT2D eigenvalue weighted by Crippen LogP contribution is -2.40. The Balaban J connectivity index is 1.50. The Morgan fingerprint density at radius 3 is 2.10 bits per heavy atom. The molecule has 3 rings (SSSR count). The Morgan fingerprint density at radius 2 is 1.52 bits per heavy atom. The lowest BCUT2D eigenvalue weighted by Gasteiger charge is -2.33. The maximum atomic E-state index is 13.0. The largest absolute Gasteiger partial charge is 0.345 e. The predicted octanol–water partition coefficient (Wildman–Crippen LogP) is 3.94. The van der Waals surface area contributed by atoms with Gasteiger partial charge in [-0.2, -0.15) is 0 Å². The standard InChI is InChI=1S/C24H31N3O2/c1-3-27(22-7-5-4-6-8-22)24(29)21-11-9-20(10-12-21)23(28)26(2)18-15-19-13-16-25-17-14-19/h4-8,13-14,16-17,20-21H,3,9-12,15,18H2,1-2H3. The second kappa shape index (κ2) is 10.2. The molecule has 2 aromatic rings. The summed E-state index contributed by atoms with van der Waals surface area (Å²) in [7, 11) is 1.88. The number of hydrogen-bond acceptors (Lipinski definition) is 3. The number of para-hydroxylation sites is 1. The Bertz CT molecular complexity index is 786. The smallest absolute Gasteiger partial charge is 0.230 e. The lowest BCUT2D eigenvalue weighted by molar-refractivity contribution is -0.136. The van der Waals surface area contributed by atoms with Crippen LogP contribution in [0.4, 0.5) is 5.69 Å². The molecule has 0 atom stereocenters. The van der Waals surface area contributed by atoms with Crippen molar-refractivity contribution < 1.29 is 9.59 Å². The van der Waals surface area contributed by atoms with Crippen molar-refractivity contribution in [2.24, 2.45) is 11.8 Å². The first-order valence-corrected chi connectivity index (χ1v) is 10.6. The fourth-order valence-electron chi connectivity index (χ4n) is 4.15. The number of carbonyl (C=O) groups excluding carboxylic acids is 2. The predicted molar refractivity (Wildman–Crippen MR) is 115 cm³/mol. The zero-order valence-electron chi connectivity index (χ0n) is 17.5. The summed E-state index contributed by atoms with van der Waals surface area (Å²) in [6.07, 6.45) is 7.56. The fraction of sp³-hybridized carbons (Fsp3) is 0.458. The second-order valence-corrected chi connectivity index (χ2v) is 7.83. The van der Waals surface area contributed by atoms with E-state index in [0.717, 1.165) is 37.8 Å². The van der Waals surface area contributed by atoms with Crippen LogP contribution < -0.4 is 4.90 Å². The van der Waals surface area contributed by atoms with E-state index in [4.69, 9.17) is 0 Å². The monoisotopic (exact) mass is 393 g/mol. The topological polar surface area (TPSA) is 53.5 Å². The first-order chi connectivity index (χ1) is 14.1. The molecule has 2 amide bonds. The first-order valence-electron chi connectivity index (χ1n) is 10.6. The number of nitrogens with zero attached hydrogens (tertiary/aromatic N) is 3. The summed E-state index contributed by atoms with van der Waals surface area (Å²) >= 11 is 0. The van der Waals surface area contributed by atoms with Gasteiger partial charge in [0.2, 0.25) is 11.8 Å². The number of benzene rings is 1. The molecule has 0 spiro atoms. The molecule has 0 saturated heterocycles. The second-order valence-electron chi connectivity index (χ2n) is 7.83. The van der Waals surface area contributed by atoms with Crippen LogP contribution in [-0.2, 0) is 16.0 Å². The summed E-state index contributed by atoms with van der Waals surface area (Å²) in [4.78, 5) is 33.6. The van der Waals surface area contributed by atoms with Crippen molar-refractivity contribution in [3.8, 4) is 0 Å². The van der Waals surface area contributed by atoms with Crippen LogP contribution in [0.5, 0.6) is 0 Å². The van der Waals surface area contributed by atoms with E-state index in [1.807, 2.05) is 66.2 Å². The highest BCUT2D eigenvalue weighted by Crippen LogP contribution is 2.32. The molecule has 29 heavy (non-hydrogen) atoms. The SMILES string of the molecule is CCN(C(=O)C1CCC(C(=O)N(C)CCc2ccncc2)CC1)c1ccccc1. The van der Waals surface area contributed by atoms with Gasteiger partial charge in [0.05, 0.1) is 0 Å². The maximum Gasteiger partial charge on any atom is 0.230 e. The molecule has 1 saturated carbocycles. The number of pyridine rings is 1. The van der Waals surface area contributed by atoms with Gasteiger partial charge in [-0.1, -0.05) is 18.2 Å². The third kappa shape index (κ3) is 5.43. The number of carbonyl (C=O) groups is 2. The minimum Gasteiger partial charge on any atom is -0.345 e. The molecule has 0 unspecified atom stereocenters. The fourth-order valence-corrected chi connectivity index (χ4v) is 4.15. The molecular weight excluding hydrogens is 362 g/mol. The molecule has 5 heteroatoms. The van der Waals surface area contributed by atoms with Crippen LogP contribution in [0.1, 0.15) is 38.2 Å². The van der Waals surface area contributed by atoms with Gasteiger partial charge in [-0.15, -0.1) is 0 Å². The molecule has 1 aliphatic rings. The molecule has 0 aliphatic heterocycles. The van der Waals surface area contributed by atoms with E-state index >= 15 is 0 Å². The molecule has 5 nitrogen and oxygen atoms in total. The van der Waals surface area contributed by atoms with Crippen LogP contribution >= 0.6 is 0 Å². The van der Waals surface area contributed by atoms with Crippen LogP contribution in [0.25, 0.3) is 0 Å². The molecule has 154 valence electrons. The minimum atomic E-state index is 0.0151. The Kier molecular flexibility index (Phi) is 7.39. The highest BCUT2D eigenvalue weighted by Gasteiger charge is 2.33. The van der Waals surface area contributed by atoms with Gasteiger partial charge in [-0.3, -0.25) is 14.6 Å². The van der Waals surface area contributed by atoms with Crippen molar-refractivity contribution in [3.63, 3.8) is 0 Å². The molecule has 1 heterocycles. The minimum absolute atomic E-state index is 0.0151. The van der Waals surface area contributed by atoms with Crippen LogP contribution in [0.2, 0.25) is 0 Å².